The maximum Gasteiger partial charge on any atom is 0.312 e. The first-order valence-corrected chi connectivity index (χ1v) is 115. The molecule has 16 nitrogen and oxygen atoms in total. The summed E-state index contributed by atoms with van der Waals surface area (Å²) in [5.74, 6) is 0. The third-order valence-corrected chi connectivity index (χ3v) is 97.2. The molecule has 0 aromatic rings. The van der Waals surface area contributed by atoms with Crippen LogP contribution in [0.1, 0.15) is 25.7 Å². The van der Waals surface area contributed by atoms with Gasteiger partial charge in [-0.05, 0) is 299 Å². The van der Waals surface area contributed by atoms with Crippen molar-refractivity contribution >= 4 is 193 Å². The van der Waals surface area contributed by atoms with Crippen molar-refractivity contribution in [1.82, 2.24) is 8.46 Å². The molecule has 0 aliphatic carbocycles. The minimum Gasteiger partial charge on any atom is -0.440 e. The minimum absolute atomic E-state index is 0. The van der Waals surface area contributed by atoms with Crippen molar-refractivity contribution in [2.75, 3.05) is 26.7 Å². The van der Waals surface area contributed by atoms with Gasteiger partial charge in [-0.2, -0.15) is 0 Å². The van der Waals surface area contributed by atoms with E-state index in [1.165, 1.54) is 37.9 Å². The molecular weight excluding hydrogens is 1940 g/mol. The molecule has 0 bridgehead atoms. The molecule has 680 valence electrons. The fourth-order valence-corrected chi connectivity index (χ4v) is 119. The van der Waals surface area contributed by atoms with Crippen molar-refractivity contribution in [3.8, 4) is 0 Å². The molecule has 0 heterocycles. The van der Waals surface area contributed by atoms with Gasteiger partial charge in [-0.15, -0.1) is 6.58 Å². The summed E-state index contributed by atoms with van der Waals surface area (Å²) in [4.78, 5) is 0. The minimum atomic E-state index is -2.20. The first-order chi connectivity index (χ1) is 47.2. The van der Waals surface area contributed by atoms with E-state index in [2.05, 4.69) is 388 Å². The van der Waals surface area contributed by atoms with Gasteiger partial charge in [-0.3, -0.25) is 0 Å². The van der Waals surface area contributed by atoms with Crippen LogP contribution < -0.4 is 5.73 Å². The summed E-state index contributed by atoms with van der Waals surface area (Å²) < 4.78 is 87.7. The zero-order valence-corrected chi connectivity index (χ0v) is 111. The Morgan fingerprint density at radius 3 is 0.703 bits per heavy atom. The Bertz CT molecular complexity index is 2400. The first-order valence-electron chi connectivity index (χ1n) is 42.0. The van der Waals surface area contributed by atoms with Gasteiger partial charge in [0, 0.05) is 50.9 Å². The summed E-state index contributed by atoms with van der Waals surface area (Å²) in [5.41, 5.74) is 5.61. The molecule has 0 radical (unpaired) electrons. The van der Waals surface area contributed by atoms with E-state index in [0.717, 1.165) is 30.7 Å². The van der Waals surface area contributed by atoms with Crippen LogP contribution in [0.5, 0.6) is 0 Å². The van der Waals surface area contributed by atoms with Gasteiger partial charge < -0.3 is 68.0 Å². The summed E-state index contributed by atoms with van der Waals surface area (Å²) in [7, 11) is -35.8. The van der Waals surface area contributed by atoms with Crippen LogP contribution in [-0.4, -0.2) is 228 Å². The van der Waals surface area contributed by atoms with E-state index in [0.29, 0.717) is 0 Å². The quantitative estimate of drug-likeness (QED) is 0.0454. The fraction of sp³-hybridized carbons (Fsp3) is 0.972. The van der Waals surface area contributed by atoms with Crippen LogP contribution in [0.3, 0.4) is 0 Å². The Labute approximate surface area is 736 Å². The van der Waals surface area contributed by atoms with Gasteiger partial charge >= 0.3 is 68.5 Å². The van der Waals surface area contributed by atoms with Gasteiger partial charge in [0.25, 0.3) is 0 Å². The molecule has 0 aromatic heterocycles. The number of hydrogen-bond acceptors (Lipinski definition) is 16. The van der Waals surface area contributed by atoms with Crippen molar-refractivity contribution in [2.45, 2.75) is 422 Å². The molecule has 111 heavy (non-hydrogen) atoms. The molecule has 0 saturated carbocycles. The number of nitrogens with two attached hydrogens (primary N) is 1. The maximum atomic E-state index is 6.78. The molecule has 0 aliphatic rings. The zero-order valence-electron chi connectivity index (χ0n) is 85.6. The molecule has 0 fully saturated rings. The van der Waals surface area contributed by atoms with Crippen LogP contribution in [0.25, 0.3) is 0 Å². The molecule has 0 atom stereocenters. The van der Waals surface area contributed by atoms with Crippen molar-refractivity contribution in [1.29, 1.82) is 0 Å². The predicted molar refractivity (Wildman–Crippen MR) is 557 cm³/mol. The topological polar surface area (TPSA) is 152 Å². The van der Waals surface area contributed by atoms with E-state index in [1.807, 2.05) is 6.08 Å². The molecule has 0 spiro atoms. The van der Waals surface area contributed by atoms with Crippen LogP contribution in [0.4, 0.5) is 0 Å². The molecule has 0 unspecified atom stereocenters. The van der Waals surface area contributed by atoms with E-state index in [9.17, 15) is 0 Å². The van der Waals surface area contributed by atoms with Crippen molar-refractivity contribution in [3.05, 3.63) is 12.7 Å². The summed E-state index contributed by atoms with van der Waals surface area (Å²) in [5, 5.41) is 0.989. The molecule has 0 saturated heterocycles. The Hall–Kier alpha value is 4.78. The van der Waals surface area contributed by atoms with Gasteiger partial charge in [0.15, 0.2) is 75.6 Å². The molecule has 40 heteroatoms. The molecule has 0 amide bonds. The average Bonchev–Trinajstić information content (AvgIpc) is 0.842. The average molecular weight is 2150 g/mol. The van der Waals surface area contributed by atoms with Crippen molar-refractivity contribution in [2.24, 2.45) is 5.73 Å². The standard InChI is InChI=1S/C19H52O3Si6.C18H51NO3Si6.C12H35NO3Si4.C9H23NSi2.C9H28O3Si4.C4H12OSi.Pt/c2*1-23(2,3)19(24(4,5)6)17-16-18-26(10,11)21-28(14,15)22-27(12,13)20-25(7,8)9;1-17(2,3)14-19(6,7)16-20(8,9)15-18(4,5)12-10-11-13;1-8-9-10(11(2,3)4)12(5,6)7;1-13(2)10-15(6,7)12-16(8,9)11-14(3,4)5;1-5-6(2,3)4;/h19H,16-18H2,1-15H3;16-18H2,1-15H3;10-13H2,1-9H3;8H,1,9H2,2-7H3;13H,1-9H3;1-4H3;. The maximum absolute atomic E-state index is 6.78. The SMILES string of the molecule is C=CCN([Si](C)(C)C)[Si](C)(C)C.CO[Si](C)(C)C.C[SiH](C)O[Si](C)(C)O[Si](C)(C)O[Si](C)(C)C.C[Si](C)(C)O[Si](C)(C)O[Si](C)(C)O[Si](C)(C)CCCC([Si](C)(C)C)[Si](C)(C)C.C[Si](C)(C)O[Si](C)(C)O[Si](C)(C)O[Si](C)(C)CCCN.C[Si](C)(C)O[Si](C)(C)O[Si](C)(C)O[Si](C)(C)CCCN([Si](C)(C)C)[Si](C)(C)C.[Pt]. The second kappa shape index (κ2) is 49.8. The summed E-state index contributed by atoms with van der Waals surface area (Å²) in [6, 6.07) is 3.55. The molecule has 0 rings (SSSR count). The van der Waals surface area contributed by atoms with Crippen LogP contribution in [0, 0.1) is 0 Å². The number of hydrogen-bond donors (Lipinski definition) is 1. The first kappa shape index (κ1) is 129. The Morgan fingerprint density at radius 2 is 0.523 bits per heavy atom. The van der Waals surface area contributed by atoms with Crippen LogP contribution >= 0.6 is 0 Å². The summed E-state index contributed by atoms with van der Waals surface area (Å²) in [6.07, 6.45) is 7.03. The van der Waals surface area contributed by atoms with Gasteiger partial charge in [0.1, 0.15) is 32.9 Å². The number of rotatable bonds is 44. The zero-order chi connectivity index (χ0) is 90.3. The van der Waals surface area contributed by atoms with Crippen molar-refractivity contribution < 1.29 is 74.9 Å². The van der Waals surface area contributed by atoms with Crippen LogP contribution in [-0.2, 0) is 74.9 Å². The third-order valence-electron chi connectivity index (χ3n) is 15.9. The number of nitrogens with zero attached hydrogens (tertiary/aromatic N) is 2. The second-order valence-electron chi connectivity index (χ2n) is 47.4. The van der Waals surface area contributed by atoms with Crippen molar-refractivity contribution in [3.63, 3.8) is 0 Å². The molecule has 0 aliphatic heterocycles. The predicted octanol–water partition coefficient (Wildman–Crippen LogP) is 26.4. The second-order valence-corrected chi connectivity index (χ2v) is 147. The van der Waals surface area contributed by atoms with E-state index in [4.69, 9.17) is 59.5 Å². The van der Waals surface area contributed by atoms with Gasteiger partial charge in [-0.1, -0.05) is 142 Å². The van der Waals surface area contributed by atoms with Crippen LogP contribution in [0.2, 0.25) is 396 Å². The van der Waals surface area contributed by atoms with Gasteiger partial charge in [0.2, 0.25) is 0 Å². The largest absolute Gasteiger partial charge is 0.440 e. The summed E-state index contributed by atoms with van der Waals surface area (Å²) >= 11 is 0. The smallest absolute Gasteiger partial charge is 0.312 e. The third kappa shape index (κ3) is 78.0. The van der Waals surface area contributed by atoms with E-state index in [1.54, 1.807) is 7.11 Å². The Kier molecular flexibility index (Phi) is 57.8. The normalized spacial score (nSPS) is 14.7. The Balaban J connectivity index is -0.000000245. The van der Waals surface area contributed by atoms with E-state index < -0.39 is 193 Å². The molecule has 0 aromatic carbocycles. The van der Waals surface area contributed by atoms with E-state index in [-0.39, 0.29) is 21.1 Å². The Morgan fingerprint density at radius 1 is 0.306 bits per heavy atom. The fourth-order valence-electron chi connectivity index (χ4n) is 15.7. The monoisotopic (exact) mass is 2140 g/mol. The van der Waals surface area contributed by atoms with E-state index >= 15 is 0 Å². The summed E-state index contributed by atoms with van der Waals surface area (Å²) in [6.45, 7) is 138. The molecular formula is C71H201N3O13PtSi23. The van der Waals surface area contributed by atoms with Gasteiger partial charge in [-0.25, -0.2) is 0 Å². The van der Waals surface area contributed by atoms with Gasteiger partial charge in [0.05, 0.1) is 0 Å². The van der Waals surface area contributed by atoms with Crippen LogP contribution in [0.15, 0.2) is 12.7 Å². The molecule has 2 N–H and O–H groups in total.